The molecule has 0 saturated heterocycles. The fourth-order valence-corrected chi connectivity index (χ4v) is 2.94. The van der Waals surface area contributed by atoms with Gasteiger partial charge in [0.25, 0.3) is 0 Å². The number of halogens is 1. The topological polar surface area (TPSA) is 37.8 Å². The van der Waals surface area contributed by atoms with Gasteiger partial charge < -0.3 is 5.32 Å². The molecular weight excluding hydrogens is 322 g/mol. The highest BCUT2D eigenvalue weighted by molar-refractivity contribution is 9.10. The Bertz CT molecular complexity index is 493. The van der Waals surface area contributed by atoms with E-state index in [0.717, 1.165) is 28.9 Å². The number of thioether (sulfide) groups is 1. The van der Waals surface area contributed by atoms with Crippen molar-refractivity contribution in [1.29, 1.82) is 0 Å². The number of nitrogens with zero attached hydrogens (tertiary/aromatic N) is 2. The van der Waals surface area contributed by atoms with Crippen LogP contribution in [0.2, 0.25) is 0 Å². The van der Waals surface area contributed by atoms with E-state index in [1.807, 2.05) is 17.8 Å². The Labute approximate surface area is 126 Å². The third-order valence-electron chi connectivity index (χ3n) is 2.47. The van der Waals surface area contributed by atoms with Gasteiger partial charge in [-0.2, -0.15) is 11.8 Å². The molecule has 0 saturated carbocycles. The van der Waals surface area contributed by atoms with Gasteiger partial charge in [-0.1, -0.05) is 28.1 Å². The second-order valence-corrected chi connectivity index (χ2v) is 6.06. The molecule has 0 aliphatic carbocycles. The van der Waals surface area contributed by atoms with E-state index in [-0.39, 0.29) is 0 Å². The summed E-state index contributed by atoms with van der Waals surface area (Å²) in [5.41, 5.74) is 1.36. The van der Waals surface area contributed by atoms with Crippen LogP contribution in [0.5, 0.6) is 0 Å². The van der Waals surface area contributed by atoms with Gasteiger partial charge in [0.1, 0.15) is 0 Å². The van der Waals surface area contributed by atoms with Crippen LogP contribution in [-0.4, -0.2) is 22.3 Å². The van der Waals surface area contributed by atoms with Crippen molar-refractivity contribution in [3.8, 4) is 0 Å². The van der Waals surface area contributed by atoms with E-state index in [2.05, 4.69) is 55.5 Å². The van der Waals surface area contributed by atoms with Crippen LogP contribution in [0.4, 0.5) is 5.95 Å². The van der Waals surface area contributed by atoms with Crippen LogP contribution in [0.3, 0.4) is 0 Å². The van der Waals surface area contributed by atoms with Crippen LogP contribution in [-0.2, 0) is 5.75 Å². The first kappa shape index (κ1) is 14.3. The third-order valence-corrected chi connectivity index (χ3v) is 4.08. The minimum absolute atomic E-state index is 0.708. The molecule has 0 spiro atoms. The number of rotatable bonds is 7. The maximum absolute atomic E-state index is 4.12. The molecule has 19 heavy (non-hydrogen) atoms. The standard InChI is InChI=1S/C14H16BrN3S/c15-13-5-1-4-12(10-13)11-19-9-3-8-18-14-16-6-2-7-17-14/h1-2,4-7,10H,3,8-9,11H2,(H,16,17,18). The maximum Gasteiger partial charge on any atom is 0.222 e. The van der Waals surface area contributed by atoms with Gasteiger partial charge in [-0.3, -0.25) is 0 Å². The van der Waals surface area contributed by atoms with Gasteiger partial charge in [0, 0.05) is 29.2 Å². The van der Waals surface area contributed by atoms with Gasteiger partial charge in [-0.05, 0) is 35.9 Å². The second kappa shape index (κ2) is 8.17. The van der Waals surface area contributed by atoms with Crippen molar-refractivity contribution < 1.29 is 0 Å². The van der Waals surface area contributed by atoms with E-state index in [4.69, 9.17) is 0 Å². The molecule has 2 rings (SSSR count). The van der Waals surface area contributed by atoms with Crippen LogP contribution < -0.4 is 5.32 Å². The Morgan fingerprint density at radius 3 is 2.79 bits per heavy atom. The largest absolute Gasteiger partial charge is 0.354 e. The fourth-order valence-electron chi connectivity index (χ4n) is 1.58. The lowest BCUT2D eigenvalue weighted by Gasteiger charge is -2.04. The van der Waals surface area contributed by atoms with E-state index < -0.39 is 0 Å². The summed E-state index contributed by atoms with van der Waals surface area (Å²) in [5.74, 6) is 2.90. The quantitative estimate of drug-likeness (QED) is 0.775. The summed E-state index contributed by atoms with van der Waals surface area (Å²) in [6.07, 6.45) is 4.60. The first-order chi connectivity index (χ1) is 9.34. The van der Waals surface area contributed by atoms with Crippen LogP contribution in [0.25, 0.3) is 0 Å². The molecule has 0 radical (unpaired) electrons. The van der Waals surface area contributed by atoms with E-state index in [9.17, 15) is 0 Å². The van der Waals surface area contributed by atoms with Crippen molar-refractivity contribution in [2.24, 2.45) is 0 Å². The van der Waals surface area contributed by atoms with E-state index in [0.29, 0.717) is 5.95 Å². The number of hydrogen-bond acceptors (Lipinski definition) is 4. The van der Waals surface area contributed by atoms with E-state index in [1.165, 1.54) is 5.56 Å². The predicted octanol–water partition coefficient (Wildman–Crippen LogP) is 3.97. The van der Waals surface area contributed by atoms with Gasteiger partial charge in [0.2, 0.25) is 5.95 Å². The summed E-state index contributed by atoms with van der Waals surface area (Å²) in [4.78, 5) is 8.24. The maximum atomic E-state index is 4.12. The molecule has 0 aliphatic rings. The molecule has 1 heterocycles. The zero-order valence-electron chi connectivity index (χ0n) is 10.6. The lowest BCUT2D eigenvalue weighted by Crippen LogP contribution is -2.05. The van der Waals surface area contributed by atoms with Gasteiger partial charge in [0.05, 0.1) is 0 Å². The monoisotopic (exact) mass is 337 g/mol. The number of benzene rings is 1. The Morgan fingerprint density at radius 2 is 2.00 bits per heavy atom. The average Bonchev–Trinajstić information content (AvgIpc) is 2.44. The Hall–Kier alpha value is -1.07. The van der Waals surface area contributed by atoms with Crippen LogP contribution >= 0.6 is 27.7 Å². The molecule has 1 aromatic carbocycles. The lowest BCUT2D eigenvalue weighted by atomic mass is 10.2. The van der Waals surface area contributed by atoms with Gasteiger partial charge in [-0.15, -0.1) is 0 Å². The van der Waals surface area contributed by atoms with Crippen molar-refractivity contribution in [3.05, 3.63) is 52.8 Å². The average molecular weight is 338 g/mol. The Morgan fingerprint density at radius 1 is 1.16 bits per heavy atom. The molecular formula is C14H16BrN3S. The van der Waals surface area contributed by atoms with Gasteiger partial charge >= 0.3 is 0 Å². The van der Waals surface area contributed by atoms with Gasteiger partial charge in [-0.25, -0.2) is 9.97 Å². The minimum Gasteiger partial charge on any atom is -0.354 e. The summed E-state index contributed by atoms with van der Waals surface area (Å²) >= 11 is 5.44. The van der Waals surface area contributed by atoms with E-state index in [1.54, 1.807) is 12.4 Å². The zero-order chi connectivity index (χ0) is 13.3. The number of hydrogen-bond donors (Lipinski definition) is 1. The molecule has 0 aliphatic heterocycles. The second-order valence-electron chi connectivity index (χ2n) is 4.04. The molecule has 2 aromatic rings. The highest BCUT2D eigenvalue weighted by Gasteiger charge is 1.96. The zero-order valence-corrected chi connectivity index (χ0v) is 13.0. The molecule has 0 amide bonds. The molecule has 0 bridgehead atoms. The van der Waals surface area contributed by atoms with Crippen molar-refractivity contribution in [2.75, 3.05) is 17.6 Å². The molecule has 3 nitrogen and oxygen atoms in total. The number of nitrogens with one attached hydrogen (secondary N) is 1. The summed E-state index contributed by atoms with van der Waals surface area (Å²) in [5, 5.41) is 3.21. The number of aromatic nitrogens is 2. The minimum atomic E-state index is 0.708. The van der Waals surface area contributed by atoms with Crippen LogP contribution in [0.1, 0.15) is 12.0 Å². The van der Waals surface area contributed by atoms with Crippen molar-refractivity contribution >= 4 is 33.6 Å². The highest BCUT2D eigenvalue weighted by atomic mass is 79.9. The van der Waals surface area contributed by atoms with Crippen LogP contribution in [0, 0.1) is 0 Å². The first-order valence-electron chi connectivity index (χ1n) is 6.18. The predicted molar refractivity (Wildman–Crippen MR) is 85.4 cm³/mol. The molecule has 1 N–H and O–H groups in total. The smallest absolute Gasteiger partial charge is 0.222 e. The van der Waals surface area contributed by atoms with Crippen molar-refractivity contribution in [2.45, 2.75) is 12.2 Å². The summed E-state index contributed by atoms with van der Waals surface area (Å²) in [7, 11) is 0. The summed E-state index contributed by atoms with van der Waals surface area (Å²) in [6.45, 7) is 0.912. The molecule has 5 heteroatoms. The van der Waals surface area contributed by atoms with Crippen molar-refractivity contribution in [1.82, 2.24) is 9.97 Å². The number of anilines is 1. The molecule has 0 fully saturated rings. The molecule has 0 atom stereocenters. The lowest BCUT2D eigenvalue weighted by molar-refractivity contribution is 0.961. The fraction of sp³-hybridized carbons (Fsp3) is 0.286. The van der Waals surface area contributed by atoms with Gasteiger partial charge in [0.15, 0.2) is 0 Å². The summed E-state index contributed by atoms with van der Waals surface area (Å²) in [6, 6.07) is 10.3. The normalized spacial score (nSPS) is 10.4. The Kier molecular flexibility index (Phi) is 6.17. The van der Waals surface area contributed by atoms with Crippen LogP contribution in [0.15, 0.2) is 47.2 Å². The Balaban J connectivity index is 1.58. The molecule has 100 valence electrons. The SMILES string of the molecule is Brc1cccc(CSCCCNc2ncccn2)c1. The first-order valence-corrected chi connectivity index (χ1v) is 8.12. The van der Waals surface area contributed by atoms with E-state index >= 15 is 0 Å². The third kappa shape index (κ3) is 5.61. The summed E-state index contributed by atoms with van der Waals surface area (Å²) < 4.78 is 1.15. The molecule has 1 aromatic heterocycles. The highest BCUT2D eigenvalue weighted by Crippen LogP contribution is 2.17. The molecule has 0 unspecified atom stereocenters. The van der Waals surface area contributed by atoms with Crippen molar-refractivity contribution in [3.63, 3.8) is 0 Å².